The number of para-hydroxylation sites is 2. The molecular formula is C19H20ClN3O. The van der Waals surface area contributed by atoms with Crippen LogP contribution in [-0.2, 0) is 13.0 Å². The molecule has 3 rings (SSSR count). The molecule has 0 aliphatic carbocycles. The van der Waals surface area contributed by atoms with Gasteiger partial charge in [0.05, 0.1) is 11.0 Å². The molecule has 1 aromatic heterocycles. The van der Waals surface area contributed by atoms with Crippen molar-refractivity contribution in [1.29, 1.82) is 0 Å². The van der Waals surface area contributed by atoms with Gasteiger partial charge in [0.25, 0.3) is 5.91 Å². The lowest BCUT2D eigenvalue weighted by atomic mass is 10.2. The first kappa shape index (κ1) is 16.5. The maximum atomic E-state index is 12.1. The standard InChI is InChI=1S/C19H20ClN3O/c1-2-13-23-17-6-4-3-5-16(17)22-18(23)11-12-21-19(24)14-7-9-15(20)10-8-14/h3-10H,2,11-13H2,1H3,(H,21,24). The fourth-order valence-electron chi connectivity index (χ4n) is 2.78. The molecule has 4 nitrogen and oxygen atoms in total. The average molecular weight is 342 g/mol. The minimum absolute atomic E-state index is 0.0928. The summed E-state index contributed by atoms with van der Waals surface area (Å²) in [4.78, 5) is 16.9. The van der Waals surface area contributed by atoms with Gasteiger partial charge in [0.2, 0.25) is 0 Å². The van der Waals surface area contributed by atoms with E-state index in [1.807, 2.05) is 18.2 Å². The Hall–Kier alpha value is -2.33. The number of hydrogen-bond acceptors (Lipinski definition) is 2. The van der Waals surface area contributed by atoms with Gasteiger partial charge < -0.3 is 9.88 Å². The second-order valence-electron chi connectivity index (χ2n) is 5.68. The zero-order valence-corrected chi connectivity index (χ0v) is 14.4. The van der Waals surface area contributed by atoms with E-state index >= 15 is 0 Å². The van der Waals surface area contributed by atoms with Gasteiger partial charge in [-0.1, -0.05) is 30.7 Å². The van der Waals surface area contributed by atoms with E-state index in [0.717, 1.165) is 29.8 Å². The number of benzene rings is 2. The van der Waals surface area contributed by atoms with Crippen molar-refractivity contribution in [3.8, 4) is 0 Å². The molecule has 0 bridgehead atoms. The monoisotopic (exact) mass is 341 g/mol. The Balaban J connectivity index is 1.68. The first-order valence-electron chi connectivity index (χ1n) is 8.17. The Morgan fingerprint density at radius 3 is 2.67 bits per heavy atom. The maximum absolute atomic E-state index is 12.1. The zero-order chi connectivity index (χ0) is 16.9. The van der Waals surface area contributed by atoms with Crippen LogP contribution < -0.4 is 5.32 Å². The van der Waals surface area contributed by atoms with Gasteiger partial charge in [0, 0.05) is 30.1 Å². The highest BCUT2D eigenvalue weighted by Gasteiger charge is 2.10. The van der Waals surface area contributed by atoms with Gasteiger partial charge in [-0.3, -0.25) is 4.79 Å². The number of aryl methyl sites for hydroxylation is 1. The number of hydrogen-bond donors (Lipinski definition) is 1. The third-order valence-corrected chi connectivity index (χ3v) is 4.17. The number of aromatic nitrogens is 2. The molecule has 0 saturated heterocycles. The van der Waals surface area contributed by atoms with Crippen LogP contribution in [0, 0.1) is 0 Å². The summed E-state index contributed by atoms with van der Waals surface area (Å²) in [6, 6.07) is 15.0. The topological polar surface area (TPSA) is 46.9 Å². The lowest BCUT2D eigenvalue weighted by molar-refractivity contribution is 0.0954. The molecule has 0 aliphatic heterocycles. The van der Waals surface area contributed by atoms with Crippen molar-refractivity contribution in [3.63, 3.8) is 0 Å². The Morgan fingerprint density at radius 2 is 1.92 bits per heavy atom. The first-order chi connectivity index (χ1) is 11.7. The van der Waals surface area contributed by atoms with E-state index in [-0.39, 0.29) is 5.91 Å². The van der Waals surface area contributed by atoms with E-state index < -0.39 is 0 Å². The lowest BCUT2D eigenvalue weighted by Crippen LogP contribution is -2.26. The highest BCUT2D eigenvalue weighted by atomic mass is 35.5. The predicted molar refractivity (Wildman–Crippen MR) is 97.5 cm³/mol. The molecule has 5 heteroatoms. The number of nitrogens with one attached hydrogen (secondary N) is 1. The lowest BCUT2D eigenvalue weighted by Gasteiger charge is -2.09. The van der Waals surface area contributed by atoms with Crippen molar-refractivity contribution in [2.75, 3.05) is 6.54 Å². The molecule has 0 spiro atoms. The number of nitrogens with zero attached hydrogens (tertiary/aromatic N) is 2. The van der Waals surface area contributed by atoms with Gasteiger partial charge >= 0.3 is 0 Å². The number of carbonyl (C=O) groups excluding carboxylic acids is 1. The van der Waals surface area contributed by atoms with Crippen LogP contribution in [0.3, 0.4) is 0 Å². The van der Waals surface area contributed by atoms with E-state index in [1.165, 1.54) is 0 Å². The van der Waals surface area contributed by atoms with Gasteiger partial charge in [0.15, 0.2) is 0 Å². The van der Waals surface area contributed by atoms with Crippen LogP contribution in [0.5, 0.6) is 0 Å². The quantitative estimate of drug-likeness (QED) is 0.734. The summed E-state index contributed by atoms with van der Waals surface area (Å²) in [5.41, 5.74) is 2.77. The number of amides is 1. The van der Waals surface area contributed by atoms with Crippen LogP contribution in [0.4, 0.5) is 0 Å². The van der Waals surface area contributed by atoms with Crippen LogP contribution >= 0.6 is 11.6 Å². The normalized spacial score (nSPS) is 10.9. The third kappa shape index (κ3) is 3.60. The van der Waals surface area contributed by atoms with Crippen LogP contribution in [0.25, 0.3) is 11.0 Å². The van der Waals surface area contributed by atoms with Crippen LogP contribution in [0.2, 0.25) is 5.02 Å². The third-order valence-electron chi connectivity index (χ3n) is 3.92. The molecule has 2 aromatic carbocycles. The van der Waals surface area contributed by atoms with Crippen LogP contribution in [-0.4, -0.2) is 22.0 Å². The fourth-order valence-corrected chi connectivity index (χ4v) is 2.91. The van der Waals surface area contributed by atoms with E-state index in [1.54, 1.807) is 24.3 Å². The molecule has 0 radical (unpaired) electrons. The summed E-state index contributed by atoms with van der Waals surface area (Å²) in [7, 11) is 0. The molecule has 124 valence electrons. The summed E-state index contributed by atoms with van der Waals surface area (Å²) in [5.74, 6) is 0.916. The Bertz CT molecular complexity index is 839. The summed E-state index contributed by atoms with van der Waals surface area (Å²) in [6.07, 6.45) is 1.75. The minimum atomic E-state index is -0.0928. The second-order valence-corrected chi connectivity index (χ2v) is 6.12. The summed E-state index contributed by atoms with van der Waals surface area (Å²) < 4.78 is 2.24. The van der Waals surface area contributed by atoms with Gasteiger partial charge in [-0.05, 0) is 42.8 Å². The number of rotatable bonds is 6. The van der Waals surface area contributed by atoms with Crippen molar-refractivity contribution in [3.05, 3.63) is 64.9 Å². The van der Waals surface area contributed by atoms with Gasteiger partial charge in [-0.2, -0.15) is 0 Å². The smallest absolute Gasteiger partial charge is 0.251 e. The summed E-state index contributed by atoms with van der Waals surface area (Å²) in [5, 5.41) is 3.57. The molecule has 3 aromatic rings. The van der Waals surface area contributed by atoms with Crippen LogP contribution in [0.1, 0.15) is 29.5 Å². The SMILES string of the molecule is CCCn1c(CCNC(=O)c2ccc(Cl)cc2)nc2ccccc21. The Morgan fingerprint density at radius 1 is 1.17 bits per heavy atom. The van der Waals surface area contributed by atoms with E-state index in [0.29, 0.717) is 23.6 Å². The van der Waals surface area contributed by atoms with Crippen molar-refractivity contribution in [2.45, 2.75) is 26.3 Å². The number of imidazole rings is 1. The minimum Gasteiger partial charge on any atom is -0.352 e. The molecule has 1 N–H and O–H groups in total. The first-order valence-corrected chi connectivity index (χ1v) is 8.54. The molecule has 0 atom stereocenters. The highest BCUT2D eigenvalue weighted by molar-refractivity contribution is 6.30. The van der Waals surface area contributed by atoms with Gasteiger partial charge in [-0.25, -0.2) is 4.98 Å². The van der Waals surface area contributed by atoms with Crippen molar-refractivity contribution < 1.29 is 4.79 Å². The van der Waals surface area contributed by atoms with Gasteiger partial charge in [0.1, 0.15) is 5.82 Å². The summed E-state index contributed by atoms with van der Waals surface area (Å²) in [6.45, 7) is 3.64. The zero-order valence-electron chi connectivity index (χ0n) is 13.6. The Kier molecular flexibility index (Phi) is 5.16. The van der Waals surface area contributed by atoms with Crippen LogP contribution in [0.15, 0.2) is 48.5 Å². The molecule has 0 fully saturated rings. The molecule has 1 heterocycles. The fraction of sp³-hybridized carbons (Fsp3) is 0.263. The number of carbonyl (C=O) groups is 1. The van der Waals surface area contributed by atoms with E-state index in [4.69, 9.17) is 16.6 Å². The predicted octanol–water partition coefficient (Wildman–Crippen LogP) is 4.07. The van der Waals surface area contributed by atoms with E-state index in [2.05, 4.69) is 22.9 Å². The largest absolute Gasteiger partial charge is 0.352 e. The molecule has 0 aliphatic rings. The molecular weight excluding hydrogens is 322 g/mol. The molecule has 1 amide bonds. The van der Waals surface area contributed by atoms with Crippen molar-refractivity contribution >= 4 is 28.5 Å². The van der Waals surface area contributed by atoms with Crippen molar-refractivity contribution in [1.82, 2.24) is 14.9 Å². The van der Waals surface area contributed by atoms with Crippen molar-refractivity contribution in [2.24, 2.45) is 0 Å². The average Bonchev–Trinajstić information content (AvgIpc) is 2.94. The summed E-state index contributed by atoms with van der Waals surface area (Å²) >= 11 is 5.84. The highest BCUT2D eigenvalue weighted by Crippen LogP contribution is 2.17. The van der Waals surface area contributed by atoms with E-state index in [9.17, 15) is 4.79 Å². The number of fused-ring (bicyclic) bond motifs is 1. The maximum Gasteiger partial charge on any atom is 0.251 e. The van der Waals surface area contributed by atoms with Gasteiger partial charge in [-0.15, -0.1) is 0 Å². The Labute approximate surface area is 146 Å². The number of halogens is 1. The molecule has 0 saturated carbocycles. The molecule has 0 unspecified atom stereocenters. The second kappa shape index (κ2) is 7.49. The molecule has 24 heavy (non-hydrogen) atoms.